The van der Waals surface area contributed by atoms with E-state index in [4.69, 9.17) is 21.1 Å². The molecule has 118 valence electrons. The monoisotopic (exact) mass is 374 g/mol. The average molecular weight is 376 g/mol. The van der Waals surface area contributed by atoms with Crippen molar-refractivity contribution in [3.05, 3.63) is 22.7 Å². The third-order valence-corrected chi connectivity index (χ3v) is 4.76. The average Bonchev–Trinajstić information content (AvgIpc) is 2.35. The predicted octanol–water partition coefficient (Wildman–Crippen LogP) is 6.01. The van der Waals surface area contributed by atoms with Gasteiger partial charge in [-0.15, -0.1) is 0 Å². The molecule has 1 aliphatic heterocycles. The molecule has 21 heavy (non-hydrogen) atoms. The molecule has 0 spiro atoms. The topological polar surface area (TPSA) is 18.5 Å². The van der Waals surface area contributed by atoms with Gasteiger partial charge in [0.15, 0.2) is 11.5 Å². The number of fused-ring (bicyclic) bond motifs is 1. The summed E-state index contributed by atoms with van der Waals surface area (Å²) in [4.78, 5) is 0.234. The van der Waals surface area contributed by atoms with Gasteiger partial charge in [0.2, 0.25) is 0 Å². The highest BCUT2D eigenvalue weighted by Crippen LogP contribution is 2.43. The lowest BCUT2D eigenvalue weighted by Crippen LogP contribution is -2.16. The molecular formula is C17H24BrClO2. The van der Waals surface area contributed by atoms with E-state index in [2.05, 4.69) is 43.6 Å². The summed E-state index contributed by atoms with van der Waals surface area (Å²) in [5.41, 5.74) is 1.43. The van der Waals surface area contributed by atoms with Crippen molar-refractivity contribution in [3.8, 4) is 11.5 Å². The maximum absolute atomic E-state index is 6.41. The lowest BCUT2D eigenvalue weighted by Gasteiger charge is -2.26. The fourth-order valence-corrected chi connectivity index (χ4v) is 4.36. The van der Waals surface area contributed by atoms with Crippen LogP contribution in [0.25, 0.3) is 0 Å². The maximum atomic E-state index is 6.41. The van der Waals surface area contributed by atoms with E-state index >= 15 is 0 Å². The van der Waals surface area contributed by atoms with Crippen molar-refractivity contribution in [2.45, 2.75) is 45.4 Å². The van der Waals surface area contributed by atoms with Gasteiger partial charge in [0.25, 0.3) is 0 Å². The maximum Gasteiger partial charge on any atom is 0.162 e. The highest BCUT2D eigenvalue weighted by atomic mass is 79.9. The van der Waals surface area contributed by atoms with Gasteiger partial charge in [0.05, 0.1) is 0 Å². The van der Waals surface area contributed by atoms with E-state index in [1.807, 2.05) is 12.1 Å². The fourth-order valence-electron chi connectivity index (χ4n) is 2.93. The molecule has 0 radical (unpaired) electrons. The Morgan fingerprint density at radius 2 is 1.76 bits per heavy atom. The number of alkyl halides is 1. The van der Waals surface area contributed by atoms with Gasteiger partial charge in [0.1, 0.15) is 13.2 Å². The molecule has 2 rings (SSSR count). The minimum atomic E-state index is 0.234. The molecule has 0 fully saturated rings. The quantitative estimate of drug-likeness (QED) is 0.600. The summed E-state index contributed by atoms with van der Waals surface area (Å²) in [5, 5.41) is 0.740. The Morgan fingerprint density at radius 1 is 1.19 bits per heavy atom. The Balaban J connectivity index is 2.10. The van der Waals surface area contributed by atoms with E-state index in [9.17, 15) is 0 Å². The Bertz CT molecular complexity index is 496. The second kappa shape index (κ2) is 6.78. The highest BCUT2D eigenvalue weighted by Gasteiger charge is 2.22. The SMILES string of the molecule is CC(CC(Br)c1cc2c(cc1Cl)OCCO2)CC(C)(C)C. The summed E-state index contributed by atoms with van der Waals surface area (Å²) in [6, 6.07) is 3.88. The molecule has 2 nitrogen and oxygen atoms in total. The molecule has 4 heteroatoms. The molecule has 1 aliphatic rings. The Kier molecular flexibility index (Phi) is 5.48. The zero-order valence-corrected chi connectivity index (χ0v) is 15.6. The number of rotatable bonds is 4. The van der Waals surface area contributed by atoms with E-state index in [-0.39, 0.29) is 4.83 Å². The van der Waals surface area contributed by atoms with Gasteiger partial charge >= 0.3 is 0 Å². The van der Waals surface area contributed by atoms with Crippen LogP contribution in [0.2, 0.25) is 5.02 Å². The van der Waals surface area contributed by atoms with Crippen molar-refractivity contribution in [1.29, 1.82) is 0 Å². The second-order valence-electron chi connectivity index (χ2n) is 7.09. The smallest absolute Gasteiger partial charge is 0.162 e. The Morgan fingerprint density at radius 3 is 2.33 bits per heavy atom. The summed E-state index contributed by atoms with van der Waals surface area (Å²) < 4.78 is 11.2. The lowest BCUT2D eigenvalue weighted by molar-refractivity contribution is 0.171. The van der Waals surface area contributed by atoms with Gasteiger partial charge in [-0.05, 0) is 35.8 Å². The molecule has 2 atom stereocenters. The number of hydrogen-bond acceptors (Lipinski definition) is 2. The molecule has 1 aromatic rings. The number of halogens is 2. The van der Waals surface area contributed by atoms with Crippen LogP contribution in [0.4, 0.5) is 0 Å². The van der Waals surface area contributed by atoms with Crippen LogP contribution in [0.5, 0.6) is 11.5 Å². The van der Waals surface area contributed by atoms with Crippen LogP contribution in [-0.2, 0) is 0 Å². The molecule has 0 N–H and O–H groups in total. The lowest BCUT2D eigenvalue weighted by atomic mass is 9.83. The normalized spacial score (nSPS) is 17.4. The first-order valence-corrected chi connectivity index (χ1v) is 8.79. The predicted molar refractivity (Wildman–Crippen MR) is 92.0 cm³/mol. The van der Waals surface area contributed by atoms with Crippen LogP contribution in [0, 0.1) is 11.3 Å². The van der Waals surface area contributed by atoms with Crippen LogP contribution in [-0.4, -0.2) is 13.2 Å². The summed E-state index contributed by atoms with van der Waals surface area (Å²) in [5.74, 6) is 2.17. The largest absolute Gasteiger partial charge is 0.486 e. The summed E-state index contributed by atoms with van der Waals surface area (Å²) in [7, 11) is 0. The first kappa shape index (κ1) is 17.0. The van der Waals surface area contributed by atoms with Gasteiger partial charge in [-0.3, -0.25) is 0 Å². The van der Waals surface area contributed by atoms with E-state index in [0.717, 1.165) is 28.5 Å². The summed E-state index contributed by atoms with van der Waals surface area (Å²) in [6.45, 7) is 10.3. The molecule has 1 heterocycles. The van der Waals surface area contributed by atoms with E-state index in [0.29, 0.717) is 24.5 Å². The Labute approximate surface area is 141 Å². The van der Waals surface area contributed by atoms with Crippen LogP contribution >= 0.6 is 27.5 Å². The van der Waals surface area contributed by atoms with Crippen molar-refractivity contribution >= 4 is 27.5 Å². The van der Waals surface area contributed by atoms with Crippen molar-refractivity contribution in [2.75, 3.05) is 13.2 Å². The van der Waals surface area contributed by atoms with E-state index < -0.39 is 0 Å². The molecule has 0 amide bonds. The van der Waals surface area contributed by atoms with Crippen LogP contribution < -0.4 is 9.47 Å². The van der Waals surface area contributed by atoms with Gasteiger partial charge in [-0.2, -0.15) is 0 Å². The molecule has 0 saturated carbocycles. The van der Waals surface area contributed by atoms with Crippen molar-refractivity contribution in [2.24, 2.45) is 11.3 Å². The molecule has 2 unspecified atom stereocenters. The molecule has 0 aromatic heterocycles. The standard InChI is InChI=1S/C17H24BrClO2/c1-11(10-17(2,3)4)7-13(18)12-8-15-16(9-14(12)19)21-6-5-20-15/h8-9,11,13H,5-7,10H2,1-4H3. The summed E-state index contributed by atoms with van der Waals surface area (Å²) >= 11 is 10.2. The molecular weight excluding hydrogens is 352 g/mol. The van der Waals surface area contributed by atoms with E-state index in [1.54, 1.807) is 0 Å². The van der Waals surface area contributed by atoms with Crippen LogP contribution in [0.1, 0.15) is 50.9 Å². The fraction of sp³-hybridized carbons (Fsp3) is 0.647. The highest BCUT2D eigenvalue weighted by molar-refractivity contribution is 9.09. The third-order valence-electron chi connectivity index (χ3n) is 3.57. The Hall–Kier alpha value is -0.410. The molecule has 0 aliphatic carbocycles. The molecule has 1 aromatic carbocycles. The number of hydrogen-bond donors (Lipinski definition) is 0. The first-order valence-electron chi connectivity index (χ1n) is 7.49. The zero-order valence-electron chi connectivity index (χ0n) is 13.2. The number of benzene rings is 1. The second-order valence-corrected chi connectivity index (χ2v) is 8.60. The first-order chi connectivity index (χ1) is 9.76. The molecule has 0 bridgehead atoms. The van der Waals surface area contributed by atoms with Gasteiger partial charge in [-0.1, -0.05) is 55.2 Å². The zero-order chi connectivity index (χ0) is 15.6. The minimum Gasteiger partial charge on any atom is -0.486 e. The van der Waals surface area contributed by atoms with Crippen LogP contribution in [0.15, 0.2) is 12.1 Å². The number of ether oxygens (including phenoxy) is 2. The molecule has 0 saturated heterocycles. The van der Waals surface area contributed by atoms with Crippen molar-refractivity contribution in [1.82, 2.24) is 0 Å². The van der Waals surface area contributed by atoms with Gasteiger partial charge < -0.3 is 9.47 Å². The minimum absolute atomic E-state index is 0.234. The van der Waals surface area contributed by atoms with Crippen LogP contribution in [0.3, 0.4) is 0 Å². The van der Waals surface area contributed by atoms with Crippen molar-refractivity contribution in [3.63, 3.8) is 0 Å². The third kappa shape index (κ3) is 4.79. The van der Waals surface area contributed by atoms with Crippen molar-refractivity contribution < 1.29 is 9.47 Å². The van der Waals surface area contributed by atoms with Gasteiger partial charge in [0, 0.05) is 15.9 Å². The van der Waals surface area contributed by atoms with E-state index in [1.165, 1.54) is 6.42 Å². The summed E-state index contributed by atoms with van der Waals surface area (Å²) in [6.07, 6.45) is 2.24. The van der Waals surface area contributed by atoms with Gasteiger partial charge in [-0.25, -0.2) is 0 Å².